The number of thioether (sulfide) groups is 1. The van der Waals surface area contributed by atoms with Crippen LogP contribution < -0.4 is 10.9 Å². The van der Waals surface area contributed by atoms with Gasteiger partial charge in [-0.1, -0.05) is 41.6 Å². The monoisotopic (exact) mass is 479 g/mol. The highest BCUT2D eigenvalue weighted by molar-refractivity contribution is 7.99. The lowest BCUT2D eigenvalue weighted by Gasteiger charge is -2.20. The average molecular weight is 480 g/mol. The highest BCUT2D eigenvalue weighted by Gasteiger charge is 2.20. The number of amides is 1. The molecule has 0 atom stereocenters. The van der Waals surface area contributed by atoms with Crippen molar-refractivity contribution in [2.24, 2.45) is 0 Å². The molecule has 1 amide bonds. The van der Waals surface area contributed by atoms with Crippen LogP contribution in [-0.4, -0.2) is 40.5 Å². The van der Waals surface area contributed by atoms with Gasteiger partial charge in [-0.15, -0.1) is 11.3 Å². The molecular formula is C22H26ClN3O3S2. The van der Waals surface area contributed by atoms with Crippen molar-refractivity contribution in [1.82, 2.24) is 14.9 Å². The minimum absolute atomic E-state index is 0.0989. The summed E-state index contributed by atoms with van der Waals surface area (Å²) in [6.45, 7) is 6.78. The molecule has 166 valence electrons. The summed E-state index contributed by atoms with van der Waals surface area (Å²) < 4.78 is 6.80. The van der Waals surface area contributed by atoms with Crippen molar-refractivity contribution in [3.8, 4) is 11.1 Å². The molecule has 0 saturated carbocycles. The molecule has 3 aromatic rings. The zero-order valence-corrected chi connectivity index (χ0v) is 20.4. The number of methoxy groups -OCH3 is 1. The van der Waals surface area contributed by atoms with E-state index in [1.807, 2.05) is 50.4 Å². The molecule has 0 fully saturated rings. The second-order valence-corrected chi connectivity index (χ2v) is 10.3. The number of hydrogen-bond donors (Lipinski definition) is 1. The molecule has 6 nitrogen and oxygen atoms in total. The number of thiophene rings is 1. The third-order valence-electron chi connectivity index (χ3n) is 4.40. The SMILES string of the molecule is COCCCn1c(SCC(=O)NC(C)(C)C)nc2scc(-c3ccccc3Cl)c2c1=O. The molecule has 0 saturated heterocycles. The Kier molecular flexibility index (Phi) is 7.80. The van der Waals surface area contributed by atoms with Crippen LogP contribution in [0.4, 0.5) is 0 Å². The highest BCUT2D eigenvalue weighted by Crippen LogP contribution is 2.35. The standard InChI is InChI=1S/C22H26ClN3O3S2/c1-22(2,3)25-17(27)13-31-21-24-19-18(20(28)26(21)10-7-11-29-4)15(12-30-19)14-8-5-6-9-16(14)23/h5-6,8-9,12H,7,10-11,13H2,1-4H3,(H,25,27). The maximum absolute atomic E-state index is 13.5. The maximum Gasteiger partial charge on any atom is 0.263 e. The van der Waals surface area contributed by atoms with E-state index >= 15 is 0 Å². The van der Waals surface area contributed by atoms with Crippen molar-refractivity contribution in [2.75, 3.05) is 19.5 Å². The van der Waals surface area contributed by atoms with Gasteiger partial charge < -0.3 is 10.1 Å². The van der Waals surface area contributed by atoms with E-state index in [1.54, 1.807) is 11.7 Å². The van der Waals surface area contributed by atoms with Crippen molar-refractivity contribution in [1.29, 1.82) is 0 Å². The van der Waals surface area contributed by atoms with Crippen molar-refractivity contribution in [3.05, 3.63) is 45.0 Å². The highest BCUT2D eigenvalue weighted by atomic mass is 35.5. The Morgan fingerprint density at radius 2 is 2.03 bits per heavy atom. The van der Waals surface area contributed by atoms with Gasteiger partial charge in [-0.3, -0.25) is 14.2 Å². The van der Waals surface area contributed by atoms with E-state index in [1.165, 1.54) is 23.1 Å². The molecule has 0 aliphatic rings. The van der Waals surface area contributed by atoms with Gasteiger partial charge in [-0.05, 0) is 33.3 Å². The summed E-state index contributed by atoms with van der Waals surface area (Å²) in [4.78, 5) is 31.2. The molecule has 0 unspecified atom stereocenters. The maximum atomic E-state index is 13.5. The van der Waals surface area contributed by atoms with Crippen LogP contribution in [0, 0.1) is 0 Å². The summed E-state index contributed by atoms with van der Waals surface area (Å²) in [5, 5.41) is 6.53. The molecule has 31 heavy (non-hydrogen) atoms. The lowest BCUT2D eigenvalue weighted by atomic mass is 10.1. The zero-order valence-electron chi connectivity index (χ0n) is 18.0. The number of carbonyl (C=O) groups is 1. The number of ether oxygens (including phenoxy) is 1. The first-order valence-electron chi connectivity index (χ1n) is 9.91. The van der Waals surface area contributed by atoms with Gasteiger partial charge in [0, 0.05) is 47.3 Å². The minimum Gasteiger partial charge on any atom is -0.385 e. The first kappa shape index (κ1) is 23.8. The number of fused-ring (bicyclic) bond motifs is 1. The molecule has 1 aromatic carbocycles. The second kappa shape index (κ2) is 10.2. The Morgan fingerprint density at radius 3 is 2.71 bits per heavy atom. The number of aromatic nitrogens is 2. The molecule has 0 aliphatic carbocycles. The number of hydrogen-bond acceptors (Lipinski definition) is 6. The number of rotatable bonds is 8. The van der Waals surface area contributed by atoms with E-state index in [2.05, 4.69) is 5.32 Å². The van der Waals surface area contributed by atoms with Crippen molar-refractivity contribution < 1.29 is 9.53 Å². The number of nitrogens with one attached hydrogen (secondary N) is 1. The van der Waals surface area contributed by atoms with Crippen LogP contribution in [0.3, 0.4) is 0 Å². The Hall–Kier alpha value is -1.87. The third kappa shape index (κ3) is 5.88. The largest absolute Gasteiger partial charge is 0.385 e. The lowest BCUT2D eigenvalue weighted by molar-refractivity contribution is -0.119. The summed E-state index contributed by atoms with van der Waals surface area (Å²) in [6.07, 6.45) is 0.664. The van der Waals surface area contributed by atoms with Crippen molar-refractivity contribution in [3.63, 3.8) is 0 Å². The number of halogens is 1. The normalized spacial score (nSPS) is 11.8. The molecule has 1 N–H and O–H groups in total. The molecule has 0 bridgehead atoms. The van der Waals surface area contributed by atoms with Crippen LogP contribution >= 0.6 is 34.7 Å². The number of carbonyl (C=O) groups excluding carboxylic acids is 1. The zero-order chi connectivity index (χ0) is 22.6. The van der Waals surface area contributed by atoms with Crippen LogP contribution in [-0.2, 0) is 16.1 Å². The van der Waals surface area contributed by atoms with Crippen LogP contribution in [0.25, 0.3) is 21.3 Å². The fourth-order valence-corrected chi connectivity index (χ4v) is 5.18. The first-order chi connectivity index (χ1) is 14.7. The van der Waals surface area contributed by atoms with Gasteiger partial charge in [0.05, 0.1) is 11.1 Å². The van der Waals surface area contributed by atoms with Gasteiger partial charge in [0.15, 0.2) is 5.16 Å². The smallest absolute Gasteiger partial charge is 0.263 e. The van der Waals surface area contributed by atoms with E-state index < -0.39 is 0 Å². The second-order valence-electron chi connectivity index (χ2n) is 8.09. The molecule has 9 heteroatoms. The summed E-state index contributed by atoms with van der Waals surface area (Å²) in [5.74, 6) is 0.0839. The van der Waals surface area contributed by atoms with E-state index in [-0.39, 0.29) is 22.8 Å². The third-order valence-corrected chi connectivity index (χ3v) is 6.58. The number of nitrogens with zero attached hydrogens (tertiary/aromatic N) is 2. The van der Waals surface area contributed by atoms with Crippen molar-refractivity contribution >= 4 is 50.8 Å². The molecule has 0 spiro atoms. The molecular weight excluding hydrogens is 454 g/mol. The van der Waals surface area contributed by atoms with Gasteiger partial charge >= 0.3 is 0 Å². The van der Waals surface area contributed by atoms with Gasteiger partial charge in [0.25, 0.3) is 5.56 Å². The van der Waals surface area contributed by atoms with Gasteiger partial charge in [-0.25, -0.2) is 4.98 Å². The van der Waals surface area contributed by atoms with E-state index in [9.17, 15) is 9.59 Å². The van der Waals surface area contributed by atoms with Crippen LogP contribution in [0.2, 0.25) is 5.02 Å². The van der Waals surface area contributed by atoms with E-state index in [4.69, 9.17) is 21.3 Å². The summed E-state index contributed by atoms with van der Waals surface area (Å²) in [7, 11) is 1.63. The predicted molar refractivity (Wildman–Crippen MR) is 129 cm³/mol. The molecule has 2 aromatic heterocycles. The molecule has 0 radical (unpaired) electrons. The fraction of sp³-hybridized carbons (Fsp3) is 0.409. The van der Waals surface area contributed by atoms with E-state index in [0.717, 1.165) is 11.1 Å². The Labute approximate surface area is 195 Å². The summed E-state index contributed by atoms with van der Waals surface area (Å²) in [5.41, 5.74) is 1.15. The molecule has 3 rings (SSSR count). The van der Waals surface area contributed by atoms with Crippen LogP contribution in [0.1, 0.15) is 27.2 Å². The fourth-order valence-electron chi connectivity index (χ4n) is 3.14. The van der Waals surface area contributed by atoms with Gasteiger partial charge in [0.2, 0.25) is 5.91 Å². The predicted octanol–water partition coefficient (Wildman–Crippen LogP) is 4.82. The Bertz CT molecular complexity index is 1140. The quantitative estimate of drug-likeness (QED) is 0.285. The number of benzene rings is 1. The molecule has 0 aliphatic heterocycles. The minimum atomic E-state index is -0.315. The van der Waals surface area contributed by atoms with E-state index in [0.29, 0.717) is 40.0 Å². The van der Waals surface area contributed by atoms with Gasteiger partial charge in [-0.2, -0.15) is 0 Å². The average Bonchev–Trinajstić information content (AvgIpc) is 3.11. The Morgan fingerprint density at radius 1 is 1.29 bits per heavy atom. The summed E-state index contributed by atoms with van der Waals surface area (Å²) >= 11 is 9.07. The van der Waals surface area contributed by atoms with Crippen molar-refractivity contribution in [2.45, 2.75) is 44.4 Å². The van der Waals surface area contributed by atoms with Crippen LogP contribution in [0.5, 0.6) is 0 Å². The first-order valence-corrected chi connectivity index (χ1v) is 12.2. The molecule has 2 heterocycles. The van der Waals surface area contributed by atoms with Crippen LogP contribution in [0.15, 0.2) is 39.6 Å². The Balaban J connectivity index is 2.02. The lowest BCUT2D eigenvalue weighted by Crippen LogP contribution is -2.41. The summed E-state index contributed by atoms with van der Waals surface area (Å²) in [6, 6.07) is 7.47. The van der Waals surface area contributed by atoms with Gasteiger partial charge in [0.1, 0.15) is 4.83 Å². The topological polar surface area (TPSA) is 73.2 Å².